The normalized spacial score (nSPS) is 17.2. The molecule has 6 heteroatoms. The molecule has 1 aromatic carbocycles. The summed E-state index contributed by atoms with van der Waals surface area (Å²) < 4.78 is 11.2. The van der Waals surface area contributed by atoms with E-state index in [-0.39, 0.29) is 24.0 Å². The summed E-state index contributed by atoms with van der Waals surface area (Å²) in [5.74, 6) is 1.52. The van der Waals surface area contributed by atoms with Gasteiger partial charge in [0.15, 0.2) is 5.96 Å². The molecule has 0 radical (unpaired) electrons. The van der Waals surface area contributed by atoms with Crippen molar-refractivity contribution in [2.45, 2.75) is 32.9 Å². The van der Waals surface area contributed by atoms with Crippen molar-refractivity contribution < 1.29 is 9.47 Å². The Hall–Kier alpha value is -0.860. The van der Waals surface area contributed by atoms with Gasteiger partial charge in [-0.3, -0.25) is 4.99 Å². The van der Waals surface area contributed by atoms with Gasteiger partial charge in [0.1, 0.15) is 0 Å². The number of ether oxygens (including phenoxy) is 2. The first-order chi connectivity index (χ1) is 11.7. The molecule has 25 heavy (non-hydrogen) atoms. The number of hydrogen-bond acceptors (Lipinski definition) is 3. The molecule has 1 aliphatic heterocycles. The Balaban J connectivity index is 0.00000312. The van der Waals surface area contributed by atoms with Gasteiger partial charge in [-0.05, 0) is 24.0 Å². The van der Waals surface area contributed by atoms with Crippen LogP contribution in [0.4, 0.5) is 0 Å². The lowest BCUT2D eigenvalue weighted by atomic mass is 10.1. The summed E-state index contributed by atoms with van der Waals surface area (Å²) >= 11 is 0. The third-order valence-electron chi connectivity index (χ3n) is 4.29. The second-order valence-corrected chi connectivity index (χ2v) is 6.33. The highest BCUT2D eigenvalue weighted by molar-refractivity contribution is 14.0. The van der Waals surface area contributed by atoms with Crippen LogP contribution in [0.3, 0.4) is 0 Å². The molecule has 5 nitrogen and oxygen atoms in total. The standard InChI is InChI=1S/C19H31N3O2.HI/c1-4-10-23-15-18-8-6-5-7-17(18)12-21-19(20-2)22(3)13-16-9-11-24-14-16;/h5-8,16H,4,9-15H2,1-3H3,(H,20,21);1H. The largest absolute Gasteiger partial charge is 0.381 e. The number of benzene rings is 1. The van der Waals surface area contributed by atoms with Gasteiger partial charge < -0.3 is 19.7 Å². The van der Waals surface area contributed by atoms with Crippen molar-refractivity contribution in [2.24, 2.45) is 10.9 Å². The Morgan fingerprint density at radius 2 is 2.12 bits per heavy atom. The topological polar surface area (TPSA) is 46.1 Å². The number of rotatable bonds is 8. The van der Waals surface area contributed by atoms with Gasteiger partial charge in [0.2, 0.25) is 0 Å². The summed E-state index contributed by atoms with van der Waals surface area (Å²) in [6.45, 7) is 7.07. The van der Waals surface area contributed by atoms with Gasteiger partial charge in [-0.2, -0.15) is 0 Å². The molecule has 1 saturated heterocycles. The zero-order valence-electron chi connectivity index (χ0n) is 15.7. The maximum absolute atomic E-state index is 5.70. The quantitative estimate of drug-likeness (QED) is 0.280. The molecule has 1 heterocycles. The van der Waals surface area contributed by atoms with E-state index in [2.05, 4.69) is 53.4 Å². The van der Waals surface area contributed by atoms with Crippen molar-refractivity contribution in [3.63, 3.8) is 0 Å². The van der Waals surface area contributed by atoms with Crippen LogP contribution in [0.2, 0.25) is 0 Å². The minimum Gasteiger partial charge on any atom is -0.381 e. The third-order valence-corrected chi connectivity index (χ3v) is 4.29. The van der Waals surface area contributed by atoms with Crippen molar-refractivity contribution in [3.8, 4) is 0 Å². The molecule has 1 N–H and O–H groups in total. The Morgan fingerprint density at radius 3 is 2.76 bits per heavy atom. The van der Waals surface area contributed by atoms with E-state index in [9.17, 15) is 0 Å². The van der Waals surface area contributed by atoms with Crippen LogP contribution >= 0.6 is 24.0 Å². The molecule has 0 aliphatic carbocycles. The van der Waals surface area contributed by atoms with E-state index in [1.54, 1.807) is 0 Å². The smallest absolute Gasteiger partial charge is 0.193 e. The minimum atomic E-state index is 0. The Kier molecular flexibility index (Phi) is 11.1. The Morgan fingerprint density at radius 1 is 1.36 bits per heavy atom. The fourth-order valence-corrected chi connectivity index (χ4v) is 2.96. The molecule has 1 aromatic rings. The van der Waals surface area contributed by atoms with Gasteiger partial charge in [0, 0.05) is 46.3 Å². The predicted octanol–water partition coefficient (Wildman–Crippen LogP) is 3.27. The maximum Gasteiger partial charge on any atom is 0.193 e. The first-order valence-corrected chi connectivity index (χ1v) is 8.88. The van der Waals surface area contributed by atoms with Gasteiger partial charge in [0.05, 0.1) is 13.2 Å². The Labute approximate surface area is 169 Å². The second-order valence-electron chi connectivity index (χ2n) is 6.33. The number of nitrogens with zero attached hydrogens (tertiary/aromatic N) is 2. The molecule has 1 unspecified atom stereocenters. The van der Waals surface area contributed by atoms with E-state index in [1.807, 2.05) is 7.05 Å². The summed E-state index contributed by atoms with van der Waals surface area (Å²) in [7, 11) is 3.92. The molecule has 2 rings (SSSR count). The highest BCUT2D eigenvalue weighted by atomic mass is 127. The zero-order valence-corrected chi connectivity index (χ0v) is 18.0. The van der Waals surface area contributed by atoms with E-state index >= 15 is 0 Å². The van der Waals surface area contributed by atoms with Crippen LogP contribution in [0.5, 0.6) is 0 Å². The average molecular weight is 461 g/mol. The lowest BCUT2D eigenvalue weighted by Gasteiger charge is -2.25. The van der Waals surface area contributed by atoms with Gasteiger partial charge in [-0.25, -0.2) is 0 Å². The molecule has 0 saturated carbocycles. The summed E-state index contributed by atoms with van der Waals surface area (Å²) in [6.07, 6.45) is 2.18. The van der Waals surface area contributed by atoms with Crippen molar-refractivity contribution in [3.05, 3.63) is 35.4 Å². The first-order valence-electron chi connectivity index (χ1n) is 8.88. The second kappa shape index (κ2) is 12.5. The molecule has 0 bridgehead atoms. The average Bonchev–Trinajstić information content (AvgIpc) is 3.10. The van der Waals surface area contributed by atoms with Crippen molar-refractivity contribution in [2.75, 3.05) is 40.5 Å². The summed E-state index contributed by atoms with van der Waals surface area (Å²) in [4.78, 5) is 6.60. The van der Waals surface area contributed by atoms with Crippen LogP contribution < -0.4 is 5.32 Å². The molecule has 0 aromatic heterocycles. The summed E-state index contributed by atoms with van der Waals surface area (Å²) in [5.41, 5.74) is 2.49. The van der Waals surface area contributed by atoms with Gasteiger partial charge >= 0.3 is 0 Å². The number of hydrogen-bond donors (Lipinski definition) is 1. The fourth-order valence-electron chi connectivity index (χ4n) is 2.96. The molecule has 1 atom stereocenters. The Bertz CT molecular complexity index is 519. The van der Waals surface area contributed by atoms with E-state index < -0.39 is 0 Å². The molecule has 1 aliphatic rings. The minimum absolute atomic E-state index is 0. The number of aliphatic imine (C=N–C) groups is 1. The molecule has 1 fully saturated rings. The van der Waals surface area contributed by atoms with E-state index in [0.29, 0.717) is 12.5 Å². The van der Waals surface area contributed by atoms with Gasteiger partial charge in [0.25, 0.3) is 0 Å². The predicted molar refractivity (Wildman–Crippen MR) is 114 cm³/mol. The fraction of sp³-hybridized carbons (Fsp3) is 0.632. The van der Waals surface area contributed by atoms with Crippen LogP contribution in [0.25, 0.3) is 0 Å². The highest BCUT2D eigenvalue weighted by Crippen LogP contribution is 2.14. The summed E-state index contributed by atoms with van der Waals surface area (Å²) in [5, 5.41) is 3.47. The SMILES string of the molecule is CCCOCc1ccccc1CNC(=NC)N(C)CC1CCOC1.I. The lowest BCUT2D eigenvalue weighted by Crippen LogP contribution is -2.41. The lowest BCUT2D eigenvalue weighted by molar-refractivity contribution is 0.121. The summed E-state index contributed by atoms with van der Waals surface area (Å²) in [6, 6.07) is 8.42. The highest BCUT2D eigenvalue weighted by Gasteiger charge is 2.19. The first kappa shape index (κ1) is 22.2. The molecule has 0 spiro atoms. The number of halogens is 1. The molecule has 0 amide bonds. The van der Waals surface area contributed by atoms with Crippen molar-refractivity contribution >= 4 is 29.9 Å². The van der Waals surface area contributed by atoms with Gasteiger partial charge in [-0.1, -0.05) is 31.2 Å². The number of nitrogens with one attached hydrogen (secondary N) is 1. The van der Waals surface area contributed by atoms with E-state index in [4.69, 9.17) is 9.47 Å². The van der Waals surface area contributed by atoms with E-state index in [1.165, 1.54) is 11.1 Å². The van der Waals surface area contributed by atoms with Crippen molar-refractivity contribution in [1.82, 2.24) is 10.2 Å². The van der Waals surface area contributed by atoms with Crippen molar-refractivity contribution in [1.29, 1.82) is 0 Å². The molecule has 142 valence electrons. The maximum atomic E-state index is 5.70. The molecular weight excluding hydrogens is 429 g/mol. The van der Waals surface area contributed by atoms with Crippen LogP contribution in [-0.4, -0.2) is 51.3 Å². The monoisotopic (exact) mass is 461 g/mol. The third kappa shape index (κ3) is 7.50. The van der Waals surface area contributed by atoms with E-state index in [0.717, 1.165) is 51.7 Å². The number of guanidine groups is 1. The van der Waals surface area contributed by atoms with Crippen LogP contribution in [0.1, 0.15) is 30.9 Å². The molecular formula is C19H32IN3O2. The van der Waals surface area contributed by atoms with Crippen LogP contribution in [-0.2, 0) is 22.6 Å². The van der Waals surface area contributed by atoms with Gasteiger partial charge in [-0.15, -0.1) is 24.0 Å². The zero-order chi connectivity index (χ0) is 17.2. The van der Waals surface area contributed by atoms with Crippen LogP contribution in [0.15, 0.2) is 29.3 Å². The van der Waals surface area contributed by atoms with Crippen LogP contribution in [0, 0.1) is 5.92 Å².